The molecule has 0 saturated carbocycles. The van der Waals surface area contributed by atoms with E-state index in [2.05, 4.69) is 0 Å². The number of methoxy groups -OCH3 is 2. The molecule has 0 heterocycles. The molecule has 0 bridgehead atoms. The Morgan fingerprint density at radius 3 is 1.46 bits per heavy atom. The Morgan fingerprint density at radius 2 is 1.08 bits per heavy atom. The van der Waals surface area contributed by atoms with Crippen LogP contribution < -0.4 is 18.9 Å². The number of hydrogen-bond acceptors (Lipinski definition) is 4. The van der Waals surface area contributed by atoms with Gasteiger partial charge in [0.2, 0.25) is 5.75 Å². The van der Waals surface area contributed by atoms with Crippen LogP contribution in [0.4, 0.5) is 0 Å². The van der Waals surface area contributed by atoms with Crippen LogP contribution in [0.1, 0.15) is 11.1 Å². The molecular formula is C22H22O4. The Morgan fingerprint density at radius 1 is 0.615 bits per heavy atom. The first-order chi connectivity index (χ1) is 12.8. The molecule has 4 nitrogen and oxygen atoms in total. The van der Waals surface area contributed by atoms with Gasteiger partial charge >= 0.3 is 0 Å². The second-order valence-electron chi connectivity index (χ2n) is 5.71. The van der Waals surface area contributed by atoms with Crippen molar-refractivity contribution in [3.8, 4) is 23.0 Å². The normalized spacial score (nSPS) is 10.2. The van der Waals surface area contributed by atoms with Crippen LogP contribution in [-0.4, -0.2) is 14.2 Å². The van der Waals surface area contributed by atoms with Crippen molar-refractivity contribution in [2.75, 3.05) is 14.2 Å². The Hall–Kier alpha value is -3.14. The second-order valence-corrected chi connectivity index (χ2v) is 5.71. The van der Waals surface area contributed by atoms with E-state index in [4.69, 9.17) is 18.9 Å². The monoisotopic (exact) mass is 350 g/mol. The average Bonchev–Trinajstić information content (AvgIpc) is 2.71. The van der Waals surface area contributed by atoms with E-state index in [0.717, 1.165) is 11.1 Å². The van der Waals surface area contributed by atoms with Crippen molar-refractivity contribution in [3.05, 3.63) is 83.9 Å². The molecule has 0 amide bonds. The Bertz CT molecular complexity index is 752. The zero-order valence-corrected chi connectivity index (χ0v) is 15.0. The molecule has 0 N–H and O–H groups in total. The summed E-state index contributed by atoms with van der Waals surface area (Å²) in [6.45, 7) is 0.866. The van der Waals surface area contributed by atoms with Crippen LogP contribution in [0.5, 0.6) is 23.0 Å². The molecule has 26 heavy (non-hydrogen) atoms. The third kappa shape index (κ3) is 4.48. The Balaban J connectivity index is 1.81. The van der Waals surface area contributed by atoms with Crippen LogP contribution in [0.2, 0.25) is 0 Å². The fourth-order valence-electron chi connectivity index (χ4n) is 2.56. The molecule has 0 unspecified atom stereocenters. The van der Waals surface area contributed by atoms with Gasteiger partial charge in [-0.15, -0.1) is 0 Å². The summed E-state index contributed by atoms with van der Waals surface area (Å²) in [5.74, 6) is 2.37. The number of ether oxygens (including phenoxy) is 4. The molecule has 0 fully saturated rings. The van der Waals surface area contributed by atoms with Crippen molar-refractivity contribution in [3.63, 3.8) is 0 Å². The number of rotatable bonds is 8. The van der Waals surface area contributed by atoms with E-state index in [9.17, 15) is 0 Å². The van der Waals surface area contributed by atoms with Gasteiger partial charge in [0.25, 0.3) is 0 Å². The lowest BCUT2D eigenvalue weighted by Gasteiger charge is -2.17. The van der Waals surface area contributed by atoms with Gasteiger partial charge in [0.15, 0.2) is 11.5 Å². The molecule has 0 aliphatic rings. The third-order valence-electron chi connectivity index (χ3n) is 3.91. The molecule has 0 atom stereocenters. The highest BCUT2D eigenvalue weighted by atomic mass is 16.5. The van der Waals surface area contributed by atoms with Gasteiger partial charge in [0.1, 0.15) is 19.0 Å². The highest BCUT2D eigenvalue weighted by Crippen LogP contribution is 2.41. The zero-order valence-electron chi connectivity index (χ0n) is 15.0. The van der Waals surface area contributed by atoms with E-state index in [1.165, 1.54) is 0 Å². The standard InChI is InChI=1S/C22H22O4/c1-23-19-13-20(25-15-17-9-5-3-6-10-17)22(24-2)21(14-19)26-16-18-11-7-4-8-12-18/h3-14H,15-16H2,1-2H3. The topological polar surface area (TPSA) is 36.9 Å². The molecule has 0 aliphatic carbocycles. The predicted molar refractivity (Wildman–Crippen MR) is 101 cm³/mol. The third-order valence-corrected chi connectivity index (χ3v) is 3.91. The molecule has 134 valence electrons. The molecule has 3 rings (SSSR count). The highest BCUT2D eigenvalue weighted by Gasteiger charge is 2.15. The molecule has 0 aromatic heterocycles. The van der Waals surface area contributed by atoms with Crippen LogP contribution in [0, 0.1) is 0 Å². The molecule has 3 aromatic carbocycles. The molecule has 0 aliphatic heterocycles. The molecule has 0 spiro atoms. The van der Waals surface area contributed by atoms with Gasteiger partial charge in [-0.25, -0.2) is 0 Å². The Kier molecular flexibility index (Phi) is 5.99. The number of hydrogen-bond donors (Lipinski definition) is 0. The van der Waals surface area contributed by atoms with E-state index in [-0.39, 0.29) is 0 Å². The summed E-state index contributed by atoms with van der Waals surface area (Å²) in [6.07, 6.45) is 0. The van der Waals surface area contributed by atoms with Gasteiger partial charge in [0, 0.05) is 12.1 Å². The smallest absolute Gasteiger partial charge is 0.203 e. The molecule has 0 saturated heterocycles. The van der Waals surface area contributed by atoms with Crippen molar-refractivity contribution in [2.45, 2.75) is 13.2 Å². The first-order valence-electron chi connectivity index (χ1n) is 8.39. The van der Waals surface area contributed by atoms with E-state index in [0.29, 0.717) is 36.2 Å². The summed E-state index contributed by atoms with van der Waals surface area (Å²) in [7, 11) is 3.22. The SMILES string of the molecule is COc1cc(OCc2ccccc2)c(OC)c(OCc2ccccc2)c1. The van der Waals surface area contributed by atoms with Crippen LogP contribution in [0.25, 0.3) is 0 Å². The molecule has 3 aromatic rings. The van der Waals surface area contributed by atoms with Crippen molar-refractivity contribution in [1.29, 1.82) is 0 Å². The highest BCUT2D eigenvalue weighted by molar-refractivity contribution is 5.56. The fraction of sp³-hybridized carbons (Fsp3) is 0.182. The summed E-state index contributed by atoms with van der Waals surface area (Å²) in [5, 5.41) is 0. The summed E-state index contributed by atoms with van der Waals surface area (Å²) in [4.78, 5) is 0. The van der Waals surface area contributed by atoms with E-state index in [1.807, 2.05) is 60.7 Å². The van der Waals surface area contributed by atoms with Gasteiger partial charge in [0.05, 0.1) is 14.2 Å². The van der Waals surface area contributed by atoms with Crippen LogP contribution in [0.15, 0.2) is 72.8 Å². The van der Waals surface area contributed by atoms with Gasteiger partial charge in [-0.3, -0.25) is 0 Å². The first-order valence-corrected chi connectivity index (χ1v) is 8.39. The van der Waals surface area contributed by atoms with Crippen molar-refractivity contribution in [1.82, 2.24) is 0 Å². The predicted octanol–water partition coefficient (Wildman–Crippen LogP) is 4.86. The maximum absolute atomic E-state index is 5.96. The average molecular weight is 350 g/mol. The van der Waals surface area contributed by atoms with Crippen molar-refractivity contribution >= 4 is 0 Å². The van der Waals surface area contributed by atoms with Crippen molar-refractivity contribution in [2.24, 2.45) is 0 Å². The maximum atomic E-state index is 5.96. The van der Waals surface area contributed by atoms with Gasteiger partial charge in [-0.05, 0) is 11.1 Å². The zero-order chi connectivity index (χ0) is 18.2. The van der Waals surface area contributed by atoms with E-state index >= 15 is 0 Å². The minimum absolute atomic E-state index is 0.433. The Labute approximate surface area is 153 Å². The molecule has 4 heteroatoms. The fourth-order valence-corrected chi connectivity index (χ4v) is 2.56. The number of benzene rings is 3. The van der Waals surface area contributed by atoms with Gasteiger partial charge in [-0.1, -0.05) is 60.7 Å². The second kappa shape index (κ2) is 8.81. The summed E-state index contributed by atoms with van der Waals surface area (Å²) in [6, 6.07) is 23.5. The van der Waals surface area contributed by atoms with E-state index in [1.54, 1.807) is 26.4 Å². The van der Waals surface area contributed by atoms with E-state index < -0.39 is 0 Å². The first kappa shape index (κ1) is 17.7. The van der Waals surface area contributed by atoms with Crippen LogP contribution in [0.3, 0.4) is 0 Å². The van der Waals surface area contributed by atoms with Gasteiger partial charge in [-0.2, -0.15) is 0 Å². The lowest BCUT2D eigenvalue weighted by Crippen LogP contribution is -2.02. The van der Waals surface area contributed by atoms with Crippen LogP contribution in [-0.2, 0) is 13.2 Å². The largest absolute Gasteiger partial charge is 0.496 e. The van der Waals surface area contributed by atoms with Crippen molar-refractivity contribution < 1.29 is 18.9 Å². The van der Waals surface area contributed by atoms with Crippen LogP contribution >= 0.6 is 0 Å². The summed E-state index contributed by atoms with van der Waals surface area (Å²) >= 11 is 0. The minimum atomic E-state index is 0.433. The molecule has 0 radical (unpaired) electrons. The molecular weight excluding hydrogens is 328 g/mol. The summed E-state index contributed by atoms with van der Waals surface area (Å²) in [5.41, 5.74) is 2.15. The lowest BCUT2D eigenvalue weighted by molar-refractivity contribution is 0.254. The minimum Gasteiger partial charge on any atom is -0.496 e. The summed E-state index contributed by atoms with van der Waals surface area (Å²) < 4.78 is 22.9. The quantitative estimate of drug-likeness (QED) is 0.581. The lowest BCUT2D eigenvalue weighted by atomic mass is 10.2. The van der Waals surface area contributed by atoms with Gasteiger partial charge < -0.3 is 18.9 Å². The maximum Gasteiger partial charge on any atom is 0.203 e.